The third-order valence-corrected chi connectivity index (χ3v) is 6.58. The molecule has 8 nitrogen and oxygen atoms in total. The Morgan fingerprint density at radius 1 is 1.00 bits per heavy atom. The van der Waals surface area contributed by atoms with E-state index in [1.54, 1.807) is 42.5 Å². The molecule has 0 bridgehead atoms. The molecule has 1 atom stereocenters. The normalized spacial score (nSPS) is 12.0. The topological polar surface area (TPSA) is 114 Å². The number of carbonyl (C=O) groups is 2. The van der Waals surface area contributed by atoms with Crippen molar-refractivity contribution in [1.82, 2.24) is 10.0 Å². The first-order chi connectivity index (χ1) is 16.7. The van der Waals surface area contributed by atoms with Crippen molar-refractivity contribution in [2.75, 3.05) is 19.0 Å². The van der Waals surface area contributed by atoms with Gasteiger partial charge in [0.2, 0.25) is 21.8 Å². The first kappa shape index (κ1) is 25.9. The molecule has 0 spiro atoms. The van der Waals surface area contributed by atoms with Gasteiger partial charge in [-0.3, -0.25) is 9.59 Å². The molecule has 0 saturated heterocycles. The Hall–Kier alpha value is -3.76. The lowest BCUT2D eigenvalue weighted by molar-refractivity contribution is -0.125. The first-order valence-corrected chi connectivity index (χ1v) is 12.2. The van der Waals surface area contributed by atoms with Crippen LogP contribution in [0.4, 0.5) is 10.1 Å². The minimum Gasteiger partial charge on any atom is -0.495 e. The zero-order valence-electron chi connectivity index (χ0n) is 19.2. The lowest BCUT2D eigenvalue weighted by Crippen LogP contribution is -2.49. The van der Waals surface area contributed by atoms with E-state index in [1.807, 2.05) is 13.0 Å². The Kier molecular flexibility index (Phi) is 8.56. The number of amides is 2. The van der Waals surface area contributed by atoms with Crippen molar-refractivity contribution < 1.29 is 27.1 Å². The van der Waals surface area contributed by atoms with Crippen LogP contribution in [0, 0.1) is 12.7 Å². The molecule has 0 aromatic heterocycles. The molecule has 0 radical (unpaired) electrons. The highest BCUT2D eigenvalue weighted by atomic mass is 32.2. The number of benzene rings is 3. The number of rotatable bonds is 10. The van der Waals surface area contributed by atoms with Crippen LogP contribution in [0.1, 0.15) is 11.1 Å². The maximum absolute atomic E-state index is 14.1. The highest BCUT2D eigenvalue weighted by Crippen LogP contribution is 2.25. The van der Waals surface area contributed by atoms with Crippen LogP contribution in [0.15, 0.2) is 77.7 Å². The molecule has 0 aliphatic heterocycles. The number of carbonyl (C=O) groups excluding carboxylic acids is 2. The van der Waals surface area contributed by atoms with E-state index in [2.05, 4.69) is 15.4 Å². The van der Waals surface area contributed by atoms with Gasteiger partial charge in [0.1, 0.15) is 22.5 Å². The highest BCUT2D eigenvalue weighted by molar-refractivity contribution is 7.89. The van der Waals surface area contributed by atoms with E-state index in [9.17, 15) is 22.4 Å². The number of aryl methyl sites for hydroxylation is 1. The van der Waals surface area contributed by atoms with Crippen LogP contribution < -0.4 is 20.1 Å². The summed E-state index contributed by atoms with van der Waals surface area (Å²) >= 11 is 0. The van der Waals surface area contributed by atoms with E-state index in [-0.39, 0.29) is 6.42 Å². The van der Waals surface area contributed by atoms with Crippen molar-refractivity contribution in [3.05, 3.63) is 89.7 Å². The van der Waals surface area contributed by atoms with Crippen molar-refractivity contribution in [3.8, 4) is 5.75 Å². The fourth-order valence-electron chi connectivity index (χ4n) is 3.36. The number of hydrogen-bond acceptors (Lipinski definition) is 5. The number of halogens is 1. The number of nitrogens with one attached hydrogen (secondary N) is 3. The van der Waals surface area contributed by atoms with Crippen LogP contribution >= 0.6 is 0 Å². The van der Waals surface area contributed by atoms with Gasteiger partial charge in [-0.2, -0.15) is 4.72 Å². The highest BCUT2D eigenvalue weighted by Gasteiger charge is 2.28. The summed E-state index contributed by atoms with van der Waals surface area (Å²) in [5, 5.41) is 5.11. The summed E-state index contributed by atoms with van der Waals surface area (Å²) < 4.78 is 47.3. The van der Waals surface area contributed by atoms with E-state index >= 15 is 0 Å². The molecule has 1 unspecified atom stereocenters. The van der Waals surface area contributed by atoms with Gasteiger partial charge >= 0.3 is 0 Å². The van der Waals surface area contributed by atoms with Gasteiger partial charge in [-0.15, -0.1) is 0 Å². The molecule has 35 heavy (non-hydrogen) atoms. The van der Waals surface area contributed by atoms with Gasteiger partial charge in [-0.05, 0) is 48.7 Å². The number of sulfonamides is 1. The van der Waals surface area contributed by atoms with Gasteiger partial charge in [0.15, 0.2) is 0 Å². The fraction of sp³-hybridized carbons (Fsp3) is 0.200. The summed E-state index contributed by atoms with van der Waals surface area (Å²) in [7, 11) is -2.89. The number of anilines is 1. The van der Waals surface area contributed by atoms with Gasteiger partial charge < -0.3 is 15.4 Å². The lowest BCUT2D eigenvalue weighted by atomic mass is 10.1. The van der Waals surface area contributed by atoms with Gasteiger partial charge in [0.25, 0.3) is 0 Å². The standard InChI is InChI=1S/C25H26FN3O5S/c1-17-12-13-22(34-2)20(14-17)28-24(30)16-27-25(31)21(15-18-8-4-3-5-9-18)29-35(32,33)23-11-7-6-10-19(23)26/h3-14,21,29H,15-16H2,1-2H3,(H,27,31)(H,28,30). The van der Waals surface area contributed by atoms with Crippen LogP contribution in [0.2, 0.25) is 0 Å². The molecule has 0 heterocycles. The average molecular weight is 500 g/mol. The van der Waals surface area contributed by atoms with E-state index in [4.69, 9.17) is 4.74 Å². The van der Waals surface area contributed by atoms with Crippen LogP contribution in [-0.2, 0) is 26.0 Å². The monoisotopic (exact) mass is 499 g/mol. The Morgan fingerprint density at radius 3 is 2.37 bits per heavy atom. The van der Waals surface area contributed by atoms with Gasteiger partial charge in [0, 0.05) is 0 Å². The summed E-state index contributed by atoms with van der Waals surface area (Å²) in [6.45, 7) is 1.44. The summed E-state index contributed by atoms with van der Waals surface area (Å²) in [6.07, 6.45) is -0.00627. The second-order valence-corrected chi connectivity index (χ2v) is 9.45. The number of ether oxygens (including phenoxy) is 1. The largest absolute Gasteiger partial charge is 0.495 e. The SMILES string of the molecule is COc1ccc(C)cc1NC(=O)CNC(=O)C(Cc1ccccc1)NS(=O)(=O)c1ccccc1F. The Balaban J connectivity index is 1.74. The molecule has 0 saturated carbocycles. The van der Waals surface area contributed by atoms with Crippen molar-refractivity contribution >= 4 is 27.5 Å². The smallest absolute Gasteiger partial charge is 0.244 e. The summed E-state index contributed by atoms with van der Waals surface area (Å²) in [6, 6.07) is 17.6. The molecule has 2 amide bonds. The lowest BCUT2D eigenvalue weighted by Gasteiger charge is -2.19. The summed E-state index contributed by atoms with van der Waals surface area (Å²) in [5.74, 6) is -1.75. The Labute approximate surface area is 203 Å². The average Bonchev–Trinajstić information content (AvgIpc) is 2.83. The van der Waals surface area contributed by atoms with Crippen molar-refractivity contribution in [2.45, 2.75) is 24.3 Å². The summed E-state index contributed by atoms with van der Waals surface area (Å²) in [5.41, 5.74) is 2.02. The van der Waals surface area contributed by atoms with Crippen molar-refractivity contribution in [3.63, 3.8) is 0 Å². The van der Waals surface area contributed by atoms with Crippen LogP contribution in [0.5, 0.6) is 5.75 Å². The van der Waals surface area contributed by atoms with E-state index in [0.29, 0.717) is 17.0 Å². The van der Waals surface area contributed by atoms with Gasteiger partial charge in [-0.25, -0.2) is 12.8 Å². The van der Waals surface area contributed by atoms with Crippen LogP contribution in [-0.4, -0.2) is 39.9 Å². The minimum absolute atomic E-state index is 0.00627. The molecular formula is C25H26FN3O5S. The second kappa shape index (κ2) is 11.6. The molecule has 0 aliphatic carbocycles. The van der Waals surface area contributed by atoms with E-state index in [1.165, 1.54) is 19.2 Å². The molecule has 0 aliphatic rings. The zero-order valence-corrected chi connectivity index (χ0v) is 20.1. The third-order valence-electron chi connectivity index (χ3n) is 5.07. The summed E-state index contributed by atoms with van der Waals surface area (Å²) in [4.78, 5) is 24.8. The van der Waals surface area contributed by atoms with Gasteiger partial charge in [0.05, 0.1) is 19.3 Å². The van der Waals surface area contributed by atoms with E-state index in [0.717, 1.165) is 17.7 Å². The molecule has 184 valence electrons. The molecule has 0 fully saturated rings. The number of hydrogen-bond donors (Lipinski definition) is 3. The third kappa shape index (κ3) is 7.11. The van der Waals surface area contributed by atoms with Crippen molar-refractivity contribution in [2.24, 2.45) is 0 Å². The van der Waals surface area contributed by atoms with Gasteiger partial charge in [-0.1, -0.05) is 48.5 Å². The molecule has 3 rings (SSSR count). The van der Waals surface area contributed by atoms with E-state index < -0.39 is 45.1 Å². The fourth-order valence-corrected chi connectivity index (χ4v) is 4.63. The maximum atomic E-state index is 14.1. The van der Waals surface area contributed by atoms with Crippen LogP contribution in [0.25, 0.3) is 0 Å². The predicted molar refractivity (Wildman–Crippen MR) is 130 cm³/mol. The predicted octanol–water partition coefficient (Wildman–Crippen LogP) is 2.79. The maximum Gasteiger partial charge on any atom is 0.244 e. The Morgan fingerprint density at radius 2 is 1.69 bits per heavy atom. The molecule has 10 heteroatoms. The molecule has 3 aromatic carbocycles. The molecular weight excluding hydrogens is 473 g/mol. The zero-order chi connectivity index (χ0) is 25.4. The first-order valence-electron chi connectivity index (χ1n) is 10.7. The Bertz CT molecular complexity index is 1300. The second-order valence-electron chi connectivity index (χ2n) is 7.76. The van der Waals surface area contributed by atoms with Crippen LogP contribution in [0.3, 0.4) is 0 Å². The molecule has 3 aromatic rings. The minimum atomic E-state index is -4.36. The number of methoxy groups -OCH3 is 1. The quantitative estimate of drug-likeness (QED) is 0.397. The molecule has 3 N–H and O–H groups in total. The van der Waals surface area contributed by atoms with Crippen molar-refractivity contribution in [1.29, 1.82) is 0 Å².